The fourth-order valence-corrected chi connectivity index (χ4v) is 4.75. The summed E-state index contributed by atoms with van der Waals surface area (Å²) in [6.45, 7) is 1.95. The van der Waals surface area contributed by atoms with Gasteiger partial charge in [0.05, 0.1) is 22.8 Å². The summed E-state index contributed by atoms with van der Waals surface area (Å²) >= 11 is 0. The fraction of sp³-hybridized carbons (Fsp3) is 0.185. The molecule has 182 valence electrons. The SMILES string of the molecule is c1cncc(-c2nccc3[nH]c(-c4n[nH]c5ncc(-c6cncc(OC7CCNCC7)c6)cc45)nc23)c1. The average molecular weight is 490 g/mol. The molecule has 1 fully saturated rings. The fourth-order valence-electron chi connectivity index (χ4n) is 4.75. The third-order valence-corrected chi connectivity index (χ3v) is 6.61. The molecule has 0 radical (unpaired) electrons. The number of pyridine rings is 4. The number of H-pyrrole nitrogens is 2. The Morgan fingerprint density at radius 3 is 2.62 bits per heavy atom. The van der Waals surface area contributed by atoms with Crippen molar-refractivity contribution in [3.63, 3.8) is 0 Å². The molecule has 0 aromatic carbocycles. The molecule has 37 heavy (non-hydrogen) atoms. The van der Waals surface area contributed by atoms with E-state index in [9.17, 15) is 0 Å². The predicted octanol–water partition coefficient (Wildman–Crippen LogP) is 4.15. The van der Waals surface area contributed by atoms with E-state index in [1.54, 1.807) is 24.8 Å². The zero-order valence-electron chi connectivity index (χ0n) is 19.8. The third kappa shape index (κ3) is 4.07. The van der Waals surface area contributed by atoms with Crippen LogP contribution < -0.4 is 10.1 Å². The molecule has 7 heterocycles. The first-order valence-corrected chi connectivity index (χ1v) is 12.2. The quantitative estimate of drug-likeness (QED) is 0.329. The number of nitrogens with one attached hydrogen (secondary N) is 3. The summed E-state index contributed by atoms with van der Waals surface area (Å²) in [7, 11) is 0. The minimum absolute atomic E-state index is 0.207. The van der Waals surface area contributed by atoms with E-state index >= 15 is 0 Å². The molecule has 1 aliphatic heterocycles. The predicted molar refractivity (Wildman–Crippen MR) is 140 cm³/mol. The Hall–Kier alpha value is -4.70. The van der Waals surface area contributed by atoms with E-state index in [1.807, 2.05) is 36.7 Å². The summed E-state index contributed by atoms with van der Waals surface area (Å²) in [5, 5.41) is 11.8. The molecule has 6 aromatic heterocycles. The van der Waals surface area contributed by atoms with Crippen LogP contribution in [0.3, 0.4) is 0 Å². The van der Waals surface area contributed by atoms with Crippen LogP contribution in [-0.2, 0) is 0 Å². The summed E-state index contributed by atoms with van der Waals surface area (Å²) in [5.41, 5.74) is 6.53. The van der Waals surface area contributed by atoms with Crippen LogP contribution in [0.5, 0.6) is 5.75 Å². The van der Waals surface area contributed by atoms with E-state index in [2.05, 4.69) is 46.5 Å². The second-order valence-corrected chi connectivity index (χ2v) is 9.05. The molecule has 0 saturated carbocycles. The molecule has 10 nitrogen and oxygen atoms in total. The zero-order valence-corrected chi connectivity index (χ0v) is 19.8. The smallest absolute Gasteiger partial charge is 0.159 e. The first-order valence-electron chi connectivity index (χ1n) is 12.2. The first-order chi connectivity index (χ1) is 18.3. The molecule has 3 N–H and O–H groups in total. The van der Waals surface area contributed by atoms with Crippen LogP contribution in [0.25, 0.3) is 56.0 Å². The average Bonchev–Trinajstić information content (AvgIpc) is 3.58. The van der Waals surface area contributed by atoms with Crippen LogP contribution in [-0.4, -0.2) is 59.3 Å². The number of hydrogen-bond donors (Lipinski definition) is 3. The van der Waals surface area contributed by atoms with E-state index in [0.717, 1.165) is 70.5 Å². The molecule has 10 heteroatoms. The summed E-state index contributed by atoms with van der Waals surface area (Å²) in [6.07, 6.45) is 12.9. The Kier molecular flexibility index (Phi) is 5.29. The second-order valence-electron chi connectivity index (χ2n) is 9.05. The van der Waals surface area contributed by atoms with Gasteiger partial charge in [-0.25, -0.2) is 9.97 Å². The molecule has 0 bridgehead atoms. The van der Waals surface area contributed by atoms with Crippen LogP contribution >= 0.6 is 0 Å². The van der Waals surface area contributed by atoms with Gasteiger partial charge in [0.15, 0.2) is 11.5 Å². The zero-order chi connectivity index (χ0) is 24.6. The third-order valence-electron chi connectivity index (χ3n) is 6.61. The number of nitrogens with zero attached hydrogens (tertiary/aromatic N) is 6. The van der Waals surface area contributed by atoms with Crippen LogP contribution in [0.4, 0.5) is 0 Å². The molecule has 1 aliphatic rings. The van der Waals surface area contributed by atoms with Crippen molar-refractivity contribution in [2.45, 2.75) is 18.9 Å². The first kappa shape index (κ1) is 21.6. The minimum atomic E-state index is 0.207. The van der Waals surface area contributed by atoms with Crippen LogP contribution in [0.1, 0.15) is 12.8 Å². The highest BCUT2D eigenvalue weighted by molar-refractivity contribution is 5.96. The molecule has 7 rings (SSSR count). The Balaban J connectivity index is 1.26. The normalized spacial score (nSPS) is 14.4. The molecular formula is C27H23N9O. The van der Waals surface area contributed by atoms with E-state index < -0.39 is 0 Å². The number of imidazole rings is 1. The molecule has 0 spiro atoms. The van der Waals surface area contributed by atoms with Gasteiger partial charge >= 0.3 is 0 Å². The standard InChI is InChI=1S/C27H23N9O/c1-2-16(12-29-6-1)23-25-22(5-9-31-23)33-27(34-25)24-21-11-18(14-32-26(21)36-35-24)17-10-20(15-30-13-17)37-19-3-7-28-8-4-19/h1-2,5-6,9-15,19,28H,3-4,7-8H2,(H,33,34)(H,32,35,36). The maximum atomic E-state index is 6.20. The molecule has 6 aromatic rings. The van der Waals surface area contributed by atoms with Gasteiger partial charge in [-0.15, -0.1) is 0 Å². The van der Waals surface area contributed by atoms with Gasteiger partial charge in [-0.2, -0.15) is 5.10 Å². The van der Waals surface area contributed by atoms with Crippen molar-refractivity contribution in [2.24, 2.45) is 0 Å². The number of piperidine rings is 1. The van der Waals surface area contributed by atoms with Gasteiger partial charge in [-0.1, -0.05) is 0 Å². The largest absolute Gasteiger partial charge is 0.489 e. The molecule has 0 atom stereocenters. The van der Waals surface area contributed by atoms with Gasteiger partial charge in [-0.3, -0.25) is 20.1 Å². The van der Waals surface area contributed by atoms with Gasteiger partial charge in [-0.05, 0) is 56.3 Å². The summed E-state index contributed by atoms with van der Waals surface area (Å²) in [4.78, 5) is 26.1. The highest BCUT2D eigenvalue weighted by Crippen LogP contribution is 2.32. The van der Waals surface area contributed by atoms with Gasteiger partial charge in [0.25, 0.3) is 0 Å². The van der Waals surface area contributed by atoms with Crippen molar-refractivity contribution in [2.75, 3.05) is 13.1 Å². The molecular weight excluding hydrogens is 466 g/mol. The lowest BCUT2D eigenvalue weighted by Crippen LogP contribution is -2.34. The number of hydrogen-bond acceptors (Lipinski definition) is 8. The van der Waals surface area contributed by atoms with Crippen LogP contribution in [0, 0.1) is 0 Å². The van der Waals surface area contributed by atoms with E-state index in [0.29, 0.717) is 17.2 Å². The summed E-state index contributed by atoms with van der Waals surface area (Å²) < 4.78 is 6.20. The summed E-state index contributed by atoms with van der Waals surface area (Å²) in [5.74, 6) is 1.41. The van der Waals surface area contributed by atoms with Crippen LogP contribution in [0.2, 0.25) is 0 Å². The number of rotatable bonds is 5. The topological polar surface area (TPSA) is 130 Å². The number of aromatic nitrogens is 8. The van der Waals surface area contributed by atoms with E-state index in [1.165, 1.54) is 0 Å². The van der Waals surface area contributed by atoms with Crippen molar-refractivity contribution in [3.05, 3.63) is 67.5 Å². The van der Waals surface area contributed by atoms with Crippen molar-refractivity contribution < 1.29 is 4.74 Å². The van der Waals surface area contributed by atoms with Gasteiger partial charge < -0.3 is 15.0 Å². The molecule has 0 unspecified atom stereocenters. The molecule has 0 amide bonds. The number of aromatic amines is 2. The lowest BCUT2D eigenvalue weighted by molar-refractivity contribution is 0.162. The number of fused-ring (bicyclic) bond motifs is 2. The van der Waals surface area contributed by atoms with Crippen molar-refractivity contribution in [1.82, 2.24) is 45.4 Å². The van der Waals surface area contributed by atoms with Crippen molar-refractivity contribution in [1.29, 1.82) is 0 Å². The van der Waals surface area contributed by atoms with Gasteiger partial charge in [0.1, 0.15) is 23.1 Å². The summed E-state index contributed by atoms with van der Waals surface area (Å²) in [6, 6.07) is 9.84. The maximum Gasteiger partial charge on any atom is 0.159 e. The highest BCUT2D eigenvalue weighted by Gasteiger charge is 2.18. The molecule has 0 aliphatic carbocycles. The van der Waals surface area contributed by atoms with E-state index in [-0.39, 0.29) is 6.10 Å². The Bertz CT molecular complexity index is 1700. The monoisotopic (exact) mass is 489 g/mol. The lowest BCUT2D eigenvalue weighted by Gasteiger charge is -2.23. The van der Waals surface area contributed by atoms with Crippen molar-refractivity contribution >= 4 is 22.1 Å². The molecule has 1 saturated heterocycles. The second kappa shape index (κ2) is 9.07. The number of ether oxygens (including phenoxy) is 1. The van der Waals surface area contributed by atoms with Crippen LogP contribution in [0.15, 0.2) is 67.5 Å². The van der Waals surface area contributed by atoms with Gasteiger partial charge in [0, 0.05) is 47.7 Å². The maximum absolute atomic E-state index is 6.20. The minimum Gasteiger partial charge on any atom is -0.489 e. The van der Waals surface area contributed by atoms with Gasteiger partial charge in [0.2, 0.25) is 0 Å². The lowest BCUT2D eigenvalue weighted by atomic mass is 10.1. The Morgan fingerprint density at radius 1 is 0.838 bits per heavy atom. The Labute approximate surface area is 211 Å². The Morgan fingerprint density at radius 2 is 1.73 bits per heavy atom. The van der Waals surface area contributed by atoms with Crippen molar-refractivity contribution in [3.8, 4) is 39.7 Å². The van der Waals surface area contributed by atoms with E-state index in [4.69, 9.17) is 9.72 Å². The highest BCUT2D eigenvalue weighted by atomic mass is 16.5.